The Kier molecular flexibility index (Phi) is 4.04. The first kappa shape index (κ1) is 11.0. The summed E-state index contributed by atoms with van der Waals surface area (Å²) >= 11 is 5.71. The van der Waals surface area contributed by atoms with Gasteiger partial charge in [-0.2, -0.15) is 0 Å². The Bertz CT molecular complexity index is 286. The van der Waals surface area contributed by atoms with Crippen LogP contribution in [0.3, 0.4) is 0 Å². The molecule has 0 bridgehead atoms. The van der Waals surface area contributed by atoms with Crippen molar-refractivity contribution in [3.8, 4) is 0 Å². The Labute approximate surface area is 97.0 Å². The molecular weight excluding hydrogens is 206 g/mol. The Morgan fingerprint density at radius 3 is 2.80 bits per heavy atom. The molecule has 1 saturated heterocycles. The molecule has 2 rings (SSSR count). The fourth-order valence-corrected chi connectivity index (χ4v) is 2.44. The molecule has 0 amide bonds. The fraction of sp³-hybridized carbons (Fsp3) is 0.538. The van der Waals surface area contributed by atoms with Gasteiger partial charge in [0, 0.05) is 12.4 Å². The predicted octanol–water partition coefficient (Wildman–Crippen LogP) is 3.10. The molecule has 1 nitrogen and oxygen atoms in total. The van der Waals surface area contributed by atoms with Crippen molar-refractivity contribution in [1.29, 1.82) is 0 Å². The highest BCUT2D eigenvalue weighted by Crippen LogP contribution is 2.26. The smallest absolute Gasteiger partial charge is 0.0235 e. The summed E-state index contributed by atoms with van der Waals surface area (Å²) in [6, 6.07) is 10.8. The fourth-order valence-electron chi connectivity index (χ4n) is 2.32. The first-order valence-electron chi connectivity index (χ1n) is 5.73. The lowest BCUT2D eigenvalue weighted by atomic mass is 9.99. The van der Waals surface area contributed by atoms with E-state index < -0.39 is 0 Å². The largest absolute Gasteiger partial charge is 0.303 e. The summed E-state index contributed by atoms with van der Waals surface area (Å²) in [5, 5.41) is 0. The normalized spacial score (nSPS) is 22.1. The summed E-state index contributed by atoms with van der Waals surface area (Å²) in [5.74, 6) is 1.52. The number of halogens is 1. The first-order valence-corrected chi connectivity index (χ1v) is 6.27. The topological polar surface area (TPSA) is 3.24 Å². The minimum Gasteiger partial charge on any atom is -0.303 e. The molecular formula is C13H18ClN. The molecule has 1 atom stereocenters. The van der Waals surface area contributed by atoms with Crippen molar-refractivity contribution < 1.29 is 0 Å². The van der Waals surface area contributed by atoms with Crippen LogP contribution in [-0.4, -0.2) is 30.4 Å². The molecule has 0 radical (unpaired) electrons. The number of rotatable bonds is 4. The molecule has 82 valence electrons. The standard InChI is InChI=1S/C13H18ClN/c14-8-4-9-15-10-7-13(11-15)12-5-2-1-3-6-12/h1-3,5-6,13H,4,7-11H2. The monoisotopic (exact) mass is 223 g/mol. The van der Waals surface area contributed by atoms with Crippen LogP contribution in [0.4, 0.5) is 0 Å². The molecule has 1 unspecified atom stereocenters. The summed E-state index contributed by atoms with van der Waals surface area (Å²) in [7, 11) is 0. The maximum atomic E-state index is 5.71. The van der Waals surface area contributed by atoms with Crippen molar-refractivity contribution in [3.63, 3.8) is 0 Å². The van der Waals surface area contributed by atoms with Crippen molar-refractivity contribution >= 4 is 11.6 Å². The van der Waals surface area contributed by atoms with Gasteiger partial charge in [-0.1, -0.05) is 30.3 Å². The summed E-state index contributed by atoms with van der Waals surface area (Å²) in [6.45, 7) is 3.60. The van der Waals surface area contributed by atoms with E-state index in [2.05, 4.69) is 35.2 Å². The quantitative estimate of drug-likeness (QED) is 0.710. The number of benzene rings is 1. The lowest BCUT2D eigenvalue weighted by Crippen LogP contribution is -2.21. The minimum absolute atomic E-state index is 0.738. The Morgan fingerprint density at radius 1 is 1.27 bits per heavy atom. The van der Waals surface area contributed by atoms with Crippen LogP contribution < -0.4 is 0 Å². The van der Waals surface area contributed by atoms with E-state index in [1.54, 1.807) is 0 Å². The van der Waals surface area contributed by atoms with Gasteiger partial charge in [0.2, 0.25) is 0 Å². The van der Waals surface area contributed by atoms with Gasteiger partial charge < -0.3 is 4.90 Å². The number of nitrogens with zero attached hydrogens (tertiary/aromatic N) is 1. The second-order valence-corrected chi connectivity index (χ2v) is 4.62. The molecule has 1 aromatic rings. The molecule has 15 heavy (non-hydrogen) atoms. The van der Waals surface area contributed by atoms with Crippen LogP contribution in [0.1, 0.15) is 24.3 Å². The Morgan fingerprint density at radius 2 is 2.07 bits per heavy atom. The van der Waals surface area contributed by atoms with Crippen LogP contribution in [0, 0.1) is 0 Å². The Balaban J connectivity index is 1.87. The molecule has 1 aliphatic heterocycles. The van der Waals surface area contributed by atoms with E-state index >= 15 is 0 Å². The number of hydrogen-bond acceptors (Lipinski definition) is 1. The first-order chi connectivity index (χ1) is 7.40. The number of alkyl halides is 1. The van der Waals surface area contributed by atoms with E-state index in [1.165, 1.54) is 25.1 Å². The van der Waals surface area contributed by atoms with Crippen molar-refractivity contribution in [2.45, 2.75) is 18.8 Å². The van der Waals surface area contributed by atoms with Crippen molar-refractivity contribution in [1.82, 2.24) is 4.90 Å². The van der Waals surface area contributed by atoms with Crippen molar-refractivity contribution in [3.05, 3.63) is 35.9 Å². The van der Waals surface area contributed by atoms with Crippen LogP contribution >= 0.6 is 11.6 Å². The molecule has 1 aromatic carbocycles. The SMILES string of the molecule is ClCCCN1CCC(c2ccccc2)C1. The van der Waals surface area contributed by atoms with E-state index in [0.29, 0.717) is 0 Å². The van der Waals surface area contributed by atoms with Gasteiger partial charge in [-0.15, -0.1) is 11.6 Å². The summed E-state index contributed by atoms with van der Waals surface area (Å²) in [4.78, 5) is 2.53. The summed E-state index contributed by atoms with van der Waals surface area (Å²) < 4.78 is 0. The van der Waals surface area contributed by atoms with Gasteiger partial charge in [-0.25, -0.2) is 0 Å². The third kappa shape index (κ3) is 2.96. The number of hydrogen-bond donors (Lipinski definition) is 0. The zero-order valence-corrected chi connectivity index (χ0v) is 9.79. The van der Waals surface area contributed by atoms with Gasteiger partial charge in [0.25, 0.3) is 0 Å². The molecule has 0 aromatic heterocycles. The van der Waals surface area contributed by atoms with E-state index in [1.807, 2.05) is 0 Å². The maximum Gasteiger partial charge on any atom is 0.0235 e. The predicted molar refractivity (Wildman–Crippen MR) is 65.6 cm³/mol. The van der Waals surface area contributed by atoms with Crippen molar-refractivity contribution in [2.75, 3.05) is 25.5 Å². The van der Waals surface area contributed by atoms with Gasteiger partial charge in [-0.3, -0.25) is 0 Å². The lowest BCUT2D eigenvalue weighted by molar-refractivity contribution is 0.336. The van der Waals surface area contributed by atoms with Crippen LogP contribution in [0.25, 0.3) is 0 Å². The van der Waals surface area contributed by atoms with E-state index in [9.17, 15) is 0 Å². The molecule has 1 aliphatic rings. The van der Waals surface area contributed by atoms with E-state index in [0.717, 1.165) is 24.8 Å². The highest BCUT2D eigenvalue weighted by atomic mass is 35.5. The minimum atomic E-state index is 0.738. The molecule has 2 heteroatoms. The third-order valence-electron chi connectivity index (χ3n) is 3.15. The zero-order chi connectivity index (χ0) is 10.5. The van der Waals surface area contributed by atoms with Crippen LogP contribution in [0.5, 0.6) is 0 Å². The average molecular weight is 224 g/mol. The molecule has 1 fully saturated rings. The van der Waals surface area contributed by atoms with Crippen LogP contribution in [0.2, 0.25) is 0 Å². The zero-order valence-electron chi connectivity index (χ0n) is 9.03. The summed E-state index contributed by atoms with van der Waals surface area (Å²) in [6.07, 6.45) is 2.41. The molecule has 0 aliphatic carbocycles. The second-order valence-electron chi connectivity index (χ2n) is 4.24. The molecule has 1 heterocycles. The molecule has 0 spiro atoms. The van der Waals surface area contributed by atoms with Gasteiger partial charge in [0.05, 0.1) is 0 Å². The Hall–Kier alpha value is -0.530. The lowest BCUT2D eigenvalue weighted by Gasteiger charge is -2.15. The van der Waals surface area contributed by atoms with Gasteiger partial charge in [0.1, 0.15) is 0 Å². The second kappa shape index (κ2) is 5.53. The summed E-state index contributed by atoms with van der Waals surface area (Å²) in [5.41, 5.74) is 1.49. The average Bonchev–Trinajstić information content (AvgIpc) is 2.76. The molecule has 0 saturated carbocycles. The molecule has 0 N–H and O–H groups in total. The van der Waals surface area contributed by atoms with Crippen LogP contribution in [-0.2, 0) is 0 Å². The van der Waals surface area contributed by atoms with Gasteiger partial charge >= 0.3 is 0 Å². The third-order valence-corrected chi connectivity index (χ3v) is 3.42. The van der Waals surface area contributed by atoms with Crippen LogP contribution in [0.15, 0.2) is 30.3 Å². The number of likely N-dealkylation sites (tertiary alicyclic amines) is 1. The van der Waals surface area contributed by atoms with Gasteiger partial charge in [0.15, 0.2) is 0 Å². The van der Waals surface area contributed by atoms with E-state index in [-0.39, 0.29) is 0 Å². The van der Waals surface area contributed by atoms with Gasteiger partial charge in [-0.05, 0) is 37.4 Å². The maximum absolute atomic E-state index is 5.71. The highest BCUT2D eigenvalue weighted by Gasteiger charge is 2.22. The van der Waals surface area contributed by atoms with Crippen molar-refractivity contribution in [2.24, 2.45) is 0 Å². The highest BCUT2D eigenvalue weighted by molar-refractivity contribution is 6.17. The van der Waals surface area contributed by atoms with E-state index in [4.69, 9.17) is 11.6 Å².